The van der Waals surface area contributed by atoms with Crippen LogP contribution in [-0.4, -0.2) is 21.9 Å². The molecule has 0 aliphatic heterocycles. The molecule has 0 saturated carbocycles. The molecule has 0 aliphatic rings. The number of nitrogens with zero attached hydrogens (tertiary/aromatic N) is 3. The van der Waals surface area contributed by atoms with Crippen molar-refractivity contribution in [1.29, 1.82) is 0 Å². The molecule has 7 heteroatoms. The molecule has 2 aromatic rings. The third kappa shape index (κ3) is 2.97. The third-order valence-corrected chi connectivity index (χ3v) is 2.73. The van der Waals surface area contributed by atoms with Gasteiger partial charge in [-0.2, -0.15) is 14.6 Å². The number of aromatic nitrogens is 2. The van der Waals surface area contributed by atoms with Crippen LogP contribution in [0.3, 0.4) is 0 Å². The zero-order valence-corrected chi connectivity index (χ0v) is 9.74. The predicted octanol–water partition coefficient (Wildman–Crippen LogP) is 1.38. The van der Waals surface area contributed by atoms with Gasteiger partial charge in [0.05, 0.1) is 22.9 Å². The lowest BCUT2D eigenvalue weighted by atomic mass is 10.3. The van der Waals surface area contributed by atoms with Crippen LogP contribution in [0.5, 0.6) is 0 Å². The number of aryl methyl sites for hydroxylation is 1. The van der Waals surface area contributed by atoms with E-state index in [0.29, 0.717) is 10.4 Å². The summed E-state index contributed by atoms with van der Waals surface area (Å²) in [7, 11) is 1.72. The molecule has 0 atom stereocenters. The van der Waals surface area contributed by atoms with Crippen LogP contribution < -0.4 is 5.43 Å². The van der Waals surface area contributed by atoms with Gasteiger partial charge in [-0.05, 0) is 12.1 Å². The van der Waals surface area contributed by atoms with Crippen molar-refractivity contribution in [1.82, 2.24) is 15.2 Å². The van der Waals surface area contributed by atoms with Crippen LogP contribution >= 0.6 is 11.3 Å². The zero-order chi connectivity index (χ0) is 12.3. The van der Waals surface area contributed by atoms with Crippen molar-refractivity contribution in [3.63, 3.8) is 0 Å². The van der Waals surface area contributed by atoms with Crippen molar-refractivity contribution in [3.8, 4) is 0 Å². The maximum Gasteiger partial charge on any atom is 0.274 e. The van der Waals surface area contributed by atoms with Crippen LogP contribution in [0.15, 0.2) is 29.6 Å². The highest BCUT2D eigenvalue weighted by molar-refractivity contribution is 7.12. The van der Waals surface area contributed by atoms with Gasteiger partial charge in [-0.15, -0.1) is 11.3 Å². The van der Waals surface area contributed by atoms with Gasteiger partial charge in [-0.3, -0.25) is 9.48 Å². The molecule has 5 nitrogen and oxygen atoms in total. The molecule has 0 radical (unpaired) electrons. The Balaban J connectivity index is 1.94. The van der Waals surface area contributed by atoms with E-state index in [4.69, 9.17) is 0 Å². The normalized spacial score (nSPS) is 10.9. The molecular weight excluding hydrogens is 243 g/mol. The molecule has 2 rings (SSSR count). The van der Waals surface area contributed by atoms with Crippen LogP contribution in [0.2, 0.25) is 0 Å². The number of hydrogen-bond acceptors (Lipinski definition) is 4. The molecule has 0 saturated heterocycles. The summed E-state index contributed by atoms with van der Waals surface area (Å²) in [5, 5.41) is 7.30. The van der Waals surface area contributed by atoms with Gasteiger partial charge in [-0.1, -0.05) is 0 Å². The summed E-state index contributed by atoms with van der Waals surface area (Å²) in [5.74, 6) is -0.355. The van der Waals surface area contributed by atoms with E-state index in [9.17, 15) is 9.18 Å². The van der Waals surface area contributed by atoms with Crippen LogP contribution in [0.1, 0.15) is 15.2 Å². The average molecular weight is 252 g/mol. The van der Waals surface area contributed by atoms with Crippen LogP contribution in [0, 0.1) is 5.13 Å². The number of amides is 1. The van der Waals surface area contributed by atoms with Crippen LogP contribution in [-0.2, 0) is 7.05 Å². The number of hydrazone groups is 1. The quantitative estimate of drug-likeness (QED) is 0.662. The summed E-state index contributed by atoms with van der Waals surface area (Å²) in [5.41, 5.74) is 2.75. The van der Waals surface area contributed by atoms with Crippen molar-refractivity contribution in [2.45, 2.75) is 0 Å². The second-order valence-electron chi connectivity index (χ2n) is 3.24. The molecule has 0 aliphatic carbocycles. The zero-order valence-electron chi connectivity index (χ0n) is 8.92. The van der Waals surface area contributed by atoms with Crippen molar-refractivity contribution in [3.05, 3.63) is 40.1 Å². The van der Waals surface area contributed by atoms with E-state index in [1.54, 1.807) is 19.3 Å². The molecule has 88 valence electrons. The molecule has 0 unspecified atom stereocenters. The highest BCUT2D eigenvalue weighted by Gasteiger charge is 2.05. The Morgan fingerprint density at radius 2 is 2.47 bits per heavy atom. The maximum absolute atomic E-state index is 12.6. The Morgan fingerprint density at radius 1 is 1.65 bits per heavy atom. The van der Waals surface area contributed by atoms with Crippen molar-refractivity contribution < 1.29 is 9.18 Å². The number of carbonyl (C=O) groups excluding carboxylic acids is 1. The molecule has 0 aromatic carbocycles. The summed E-state index contributed by atoms with van der Waals surface area (Å²) in [6.07, 6.45) is 4.41. The third-order valence-electron chi connectivity index (χ3n) is 1.92. The summed E-state index contributed by atoms with van der Waals surface area (Å²) >= 11 is 0.956. The van der Waals surface area contributed by atoms with E-state index in [2.05, 4.69) is 15.6 Å². The number of carbonyl (C=O) groups is 1. The lowest BCUT2D eigenvalue weighted by molar-refractivity contribution is 0.0955. The van der Waals surface area contributed by atoms with E-state index >= 15 is 0 Å². The van der Waals surface area contributed by atoms with Crippen molar-refractivity contribution >= 4 is 23.5 Å². The second-order valence-corrected chi connectivity index (χ2v) is 4.31. The van der Waals surface area contributed by atoms with Gasteiger partial charge in [0.2, 0.25) is 0 Å². The van der Waals surface area contributed by atoms with Gasteiger partial charge in [0.15, 0.2) is 5.13 Å². The standard InChI is InChI=1S/C10H9FN4OS/c1-15-6-7(4-13-15)10(16)14-12-5-8-2-3-9(11)17-8/h2-6H,1H3,(H,14,16)/b12-5+. The lowest BCUT2D eigenvalue weighted by Gasteiger charge is -1.93. The number of thiophene rings is 1. The number of halogens is 1. The van der Waals surface area contributed by atoms with Gasteiger partial charge >= 0.3 is 0 Å². The smallest absolute Gasteiger partial charge is 0.274 e. The first kappa shape index (κ1) is 11.5. The Kier molecular flexibility index (Phi) is 3.29. The molecule has 2 aromatic heterocycles. The van der Waals surface area contributed by atoms with E-state index in [0.717, 1.165) is 11.3 Å². The molecule has 17 heavy (non-hydrogen) atoms. The largest absolute Gasteiger partial charge is 0.275 e. The monoisotopic (exact) mass is 252 g/mol. The number of rotatable bonds is 3. The molecule has 0 spiro atoms. The molecular formula is C10H9FN4OS. The molecule has 0 fully saturated rings. The fraction of sp³-hybridized carbons (Fsp3) is 0.100. The van der Waals surface area contributed by atoms with Crippen LogP contribution in [0.4, 0.5) is 4.39 Å². The maximum atomic E-state index is 12.6. The molecule has 1 N–H and O–H groups in total. The average Bonchev–Trinajstić information content (AvgIpc) is 2.88. The summed E-state index contributed by atoms with van der Waals surface area (Å²) < 4.78 is 14.2. The van der Waals surface area contributed by atoms with Gasteiger partial charge in [0.25, 0.3) is 5.91 Å². The Labute approximate surface area is 101 Å². The van der Waals surface area contributed by atoms with Gasteiger partial charge < -0.3 is 0 Å². The van der Waals surface area contributed by atoms with E-state index < -0.39 is 0 Å². The van der Waals surface area contributed by atoms with Gasteiger partial charge in [0, 0.05) is 13.2 Å². The van der Waals surface area contributed by atoms with Gasteiger partial charge in [-0.25, -0.2) is 5.43 Å². The number of nitrogens with one attached hydrogen (secondary N) is 1. The highest BCUT2D eigenvalue weighted by atomic mass is 32.1. The predicted molar refractivity (Wildman–Crippen MR) is 62.5 cm³/mol. The fourth-order valence-electron chi connectivity index (χ4n) is 1.16. The molecule has 1 amide bonds. The second kappa shape index (κ2) is 4.88. The van der Waals surface area contributed by atoms with Gasteiger partial charge in [0.1, 0.15) is 0 Å². The van der Waals surface area contributed by atoms with Crippen molar-refractivity contribution in [2.24, 2.45) is 12.1 Å². The highest BCUT2D eigenvalue weighted by Crippen LogP contribution is 2.11. The first-order valence-electron chi connectivity index (χ1n) is 4.72. The first-order valence-corrected chi connectivity index (χ1v) is 5.54. The van der Waals surface area contributed by atoms with Crippen molar-refractivity contribution in [2.75, 3.05) is 0 Å². The Morgan fingerprint density at radius 3 is 3.06 bits per heavy atom. The Bertz CT molecular complexity index is 560. The van der Waals surface area contributed by atoms with E-state index in [-0.39, 0.29) is 11.0 Å². The fourth-order valence-corrected chi connectivity index (χ4v) is 1.76. The summed E-state index contributed by atoms with van der Waals surface area (Å²) in [6, 6.07) is 2.93. The topological polar surface area (TPSA) is 59.3 Å². The number of hydrogen-bond donors (Lipinski definition) is 1. The minimum absolute atomic E-state index is 0.287. The molecule has 2 heterocycles. The first-order chi connectivity index (χ1) is 8.15. The minimum atomic E-state index is -0.355. The summed E-state index contributed by atoms with van der Waals surface area (Å²) in [6.45, 7) is 0. The SMILES string of the molecule is Cn1cc(C(=O)N/N=C/c2ccc(F)s2)cn1. The molecule has 0 bridgehead atoms. The van der Waals surface area contributed by atoms with Crippen LogP contribution in [0.25, 0.3) is 0 Å². The minimum Gasteiger partial charge on any atom is -0.275 e. The summed E-state index contributed by atoms with van der Waals surface area (Å²) in [4.78, 5) is 12.1. The van der Waals surface area contributed by atoms with E-state index in [1.165, 1.54) is 23.2 Å². The van der Waals surface area contributed by atoms with E-state index in [1.807, 2.05) is 0 Å². The lowest BCUT2D eigenvalue weighted by Crippen LogP contribution is -2.16. The Hall–Kier alpha value is -2.02.